The van der Waals surface area contributed by atoms with Crippen molar-refractivity contribution in [2.45, 2.75) is 44.5 Å². The lowest BCUT2D eigenvalue weighted by atomic mass is 10.1. The first kappa shape index (κ1) is 20.2. The number of hydrogen-bond acceptors (Lipinski definition) is 4. The summed E-state index contributed by atoms with van der Waals surface area (Å²) in [5.41, 5.74) is 0.299. The van der Waals surface area contributed by atoms with Crippen LogP contribution in [0.2, 0.25) is 0 Å². The summed E-state index contributed by atoms with van der Waals surface area (Å²) >= 11 is 0. The maximum Gasteiger partial charge on any atom is 0.573 e. The highest BCUT2D eigenvalue weighted by molar-refractivity contribution is 7.89. The third-order valence-electron chi connectivity index (χ3n) is 3.10. The van der Waals surface area contributed by atoms with Gasteiger partial charge in [-0.1, -0.05) is 6.07 Å². The Morgan fingerprint density at radius 3 is 2.23 bits per heavy atom. The Hall–Kier alpha value is -2.13. The van der Waals surface area contributed by atoms with Crippen LogP contribution in [0, 0.1) is 6.92 Å². The average molecular weight is 388 g/mol. The lowest BCUT2D eigenvalue weighted by molar-refractivity contribution is -0.274. The molecule has 2 rings (SSSR count). The van der Waals surface area contributed by atoms with Crippen LogP contribution in [0.15, 0.2) is 41.4 Å². The molecule has 9 heteroatoms. The van der Waals surface area contributed by atoms with Crippen LogP contribution in [0.1, 0.15) is 26.3 Å². The zero-order valence-electron chi connectivity index (χ0n) is 14.7. The van der Waals surface area contributed by atoms with Gasteiger partial charge >= 0.3 is 6.36 Å². The number of halogens is 3. The molecule has 0 unspecified atom stereocenters. The predicted octanol–water partition coefficient (Wildman–Crippen LogP) is 4.03. The van der Waals surface area contributed by atoms with E-state index in [1.54, 1.807) is 33.8 Å². The molecule has 0 saturated carbocycles. The van der Waals surface area contributed by atoms with Crippen LogP contribution in [0.5, 0.6) is 5.75 Å². The van der Waals surface area contributed by atoms with Crippen LogP contribution in [0.4, 0.5) is 13.2 Å². The van der Waals surface area contributed by atoms with E-state index in [1.807, 2.05) is 0 Å². The topological polar surface area (TPSA) is 68.3 Å². The van der Waals surface area contributed by atoms with Gasteiger partial charge in [-0.3, -0.25) is 4.98 Å². The third-order valence-corrected chi connectivity index (χ3v) is 4.92. The second kappa shape index (κ2) is 6.88. The fourth-order valence-electron chi connectivity index (χ4n) is 2.23. The number of sulfonamides is 1. The van der Waals surface area contributed by atoms with E-state index in [-0.39, 0.29) is 16.2 Å². The average Bonchev–Trinajstić information content (AvgIpc) is 2.43. The Morgan fingerprint density at radius 1 is 1.08 bits per heavy atom. The largest absolute Gasteiger partial charge is 0.573 e. The van der Waals surface area contributed by atoms with Crippen molar-refractivity contribution in [1.82, 2.24) is 9.71 Å². The molecule has 0 aliphatic carbocycles. The maximum atomic E-state index is 12.7. The van der Waals surface area contributed by atoms with E-state index in [0.717, 1.165) is 23.8 Å². The van der Waals surface area contributed by atoms with Gasteiger partial charge in [-0.25, -0.2) is 13.1 Å². The van der Waals surface area contributed by atoms with Crippen LogP contribution in [0.25, 0.3) is 11.3 Å². The number of nitrogens with zero attached hydrogens (tertiary/aromatic N) is 1. The van der Waals surface area contributed by atoms with Gasteiger partial charge in [0.2, 0.25) is 10.0 Å². The molecular weight excluding hydrogens is 369 g/mol. The van der Waals surface area contributed by atoms with Crippen molar-refractivity contribution in [2.24, 2.45) is 0 Å². The lowest BCUT2D eigenvalue weighted by Gasteiger charge is -2.22. The van der Waals surface area contributed by atoms with Crippen LogP contribution < -0.4 is 9.46 Å². The first-order valence-electron chi connectivity index (χ1n) is 7.64. The molecule has 0 fully saturated rings. The second-order valence-electron chi connectivity index (χ2n) is 6.78. The lowest BCUT2D eigenvalue weighted by Crippen LogP contribution is -2.40. The number of aryl methyl sites for hydroxylation is 1. The van der Waals surface area contributed by atoms with Gasteiger partial charge in [0, 0.05) is 17.3 Å². The standard InChI is InChI=1S/C17H19F3N2O3S/c1-11-5-7-14(21-10-11)13-9-12(25-17(18,19)20)6-8-15(13)26(23,24)22-16(2,3)4/h5-10,22H,1-4H3. The first-order chi connectivity index (χ1) is 11.8. The summed E-state index contributed by atoms with van der Waals surface area (Å²) in [7, 11) is -3.99. The Bertz CT molecular complexity index is 887. The number of benzene rings is 1. The molecule has 2 aromatic rings. The molecule has 0 amide bonds. The molecule has 0 atom stereocenters. The van der Waals surface area contributed by atoms with Crippen molar-refractivity contribution < 1.29 is 26.3 Å². The molecule has 26 heavy (non-hydrogen) atoms. The molecule has 5 nitrogen and oxygen atoms in total. The molecule has 1 aromatic carbocycles. The molecule has 1 N–H and O–H groups in total. The summed E-state index contributed by atoms with van der Waals surface area (Å²) in [6.07, 6.45) is -3.39. The molecule has 1 aromatic heterocycles. The van der Waals surface area contributed by atoms with Gasteiger partial charge in [-0.2, -0.15) is 0 Å². The quantitative estimate of drug-likeness (QED) is 0.859. The van der Waals surface area contributed by atoms with Gasteiger partial charge in [-0.15, -0.1) is 13.2 Å². The summed E-state index contributed by atoms with van der Waals surface area (Å²) in [4.78, 5) is 3.95. The normalized spacial score (nSPS) is 12.9. The highest BCUT2D eigenvalue weighted by atomic mass is 32.2. The van der Waals surface area contributed by atoms with Crippen molar-refractivity contribution in [3.05, 3.63) is 42.1 Å². The van der Waals surface area contributed by atoms with Crippen LogP contribution in [0.3, 0.4) is 0 Å². The van der Waals surface area contributed by atoms with E-state index in [1.165, 1.54) is 12.3 Å². The first-order valence-corrected chi connectivity index (χ1v) is 9.12. The van der Waals surface area contributed by atoms with Crippen molar-refractivity contribution >= 4 is 10.0 Å². The van der Waals surface area contributed by atoms with E-state index in [2.05, 4.69) is 14.4 Å². The number of hydrogen-bond donors (Lipinski definition) is 1. The van der Waals surface area contributed by atoms with Crippen LogP contribution in [-0.2, 0) is 10.0 Å². The van der Waals surface area contributed by atoms with Gasteiger partial charge < -0.3 is 4.74 Å². The summed E-state index contributed by atoms with van der Waals surface area (Å²) in [6, 6.07) is 6.28. The third kappa shape index (κ3) is 5.43. The molecule has 0 saturated heterocycles. The van der Waals surface area contributed by atoms with Crippen molar-refractivity contribution in [3.63, 3.8) is 0 Å². The van der Waals surface area contributed by atoms with Gasteiger partial charge in [0.05, 0.1) is 10.6 Å². The smallest absolute Gasteiger partial charge is 0.406 e. The number of rotatable bonds is 4. The van der Waals surface area contributed by atoms with E-state index < -0.39 is 27.7 Å². The van der Waals surface area contributed by atoms with Gasteiger partial charge in [-0.05, 0) is 57.5 Å². The Morgan fingerprint density at radius 2 is 1.73 bits per heavy atom. The molecule has 0 spiro atoms. The SMILES string of the molecule is Cc1ccc(-c2cc(OC(F)(F)F)ccc2S(=O)(=O)NC(C)(C)C)nc1. The van der Waals surface area contributed by atoms with Crippen molar-refractivity contribution in [2.75, 3.05) is 0 Å². The van der Waals surface area contributed by atoms with Gasteiger partial charge in [0.1, 0.15) is 5.75 Å². The number of aromatic nitrogens is 1. The fourth-order valence-corrected chi connectivity index (χ4v) is 3.84. The Balaban J connectivity index is 2.62. The number of pyridine rings is 1. The van der Waals surface area contributed by atoms with E-state index in [4.69, 9.17) is 0 Å². The molecule has 0 bridgehead atoms. The summed E-state index contributed by atoms with van der Waals surface area (Å²) in [5, 5.41) is 0. The zero-order chi connectivity index (χ0) is 19.8. The molecule has 142 valence electrons. The monoisotopic (exact) mass is 388 g/mol. The highest BCUT2D eigenvalue weighted by Crippen LogP contribution is 2.33. The molecule has 0 radical (unpaired) electrons. The van der Waals surface area contributed by atoms with Crippen LogP contribution in [-0.4, -0.2) is 25.3 Å². The zero-order valence-corrected chi connectivity index (χ0v) is 15.5. The minimum atomic E-state index is -4.89. The summed E-state index contributed by atoms with van der Waals surface area (Å²) in [5.74, 6) is -0.524. The second-order valence-corrected chi connectivity index (χ2v) is 8.43. The summed E-state index contributed by atoms with van der Waals surface area (Å²) < 4.78 is 69.4. The maximum absolute atomic E-state index is 12.7. The number of ether oxygens (including phenoxy) is 1. The minimum absolute atomic E-state index is 0.0171. The van der Waals surface area contributed by atoms with Gasteiger partial charge in [0.25, 0.3) is 0 Å². The minimum Gasteiger partial charge on any atom is -0.406 e. The van der Waals surface area contributed by atoms with Crippen molar-refractivity contribution in [3.8, 4) is 17.0 Å². The Labute approximate surface area is 150 Å². The fraction of sp³-hybridized carbons (Fsp3) is 0.353. The molecular formula is C17H19F3N2O3S. The summed E-state index contributed by atoms with van der Waals surface area (Å²) in [6.45, 7) is 6.78. The van der Waals surface area contributed by atoms with E-state index in [9.17, 15) is 21.6 Å². The van der Waals surface area contributed by atoms with E-state index in [0.29, 0.717) is 0 Å². The van der Waals surface area contributed by atoms with Crippen molar-refractivity contribution in [1.29, 1.82) is 0 Å². The molecule has 0 aliphatic heterocycles. The predicted molar refractivity (Wildman–Crippen MR) is 91.2 cm³/mol. The molecule has 1 heterocycles. The Kier molecular flexibility index (Phi) is 5.34. The van der Waals surface area contributed by atoms with E-state index >= 15 is 0 Å². The molecule has 0 aliphatic rings. The van der Waals surface area contributed by atoms with Crippen LogP contribution >= 0.6 is 0 Å². The highest BCUT2D eigenvalue weighted by Gasteiger charge is 2.32. The number of nitrogens with one attached hydrogen (secondary N) is 1. The number of alkyl halides is 3. The van der Waals surface area contributed by atoms with Gasteiger partial charge in [0.15, 0.2) is 0 Å².